The molecule has 6 nitrogen and oxygen atoms in total. The van der Waals surface area contributed by atoms with E-state index in [1.807, 2.05) is 30.4 Å². The van der Waals surface area contributed by atoms with Crippen LogP contribution in [0.15, 0.2) is 54.6 Å². The van der Waals surface area contributed by atoms with Crippen LogP contribution < -0.4 is 4.74 Å². The van der Waals surface area contributed by atoms with Gasteiger partial charge in [0.1, 0.15) is 24.2 Å². The molecule has 1 aromatic carbocycles. The lowest BCUT2D eigenvalue weighted by atomic mass is 9.90. The van der Waals surface area contributed by atoms with Gasteiger partial charge in [-0.25, -0.2) is 0 Å². The van der Waals surface area contributed by atoms with Crippen molar-refractivity contribution >= 4 is 11.8 Å². The molecule has 2 rings (SSSR count). The molecule has 1 aromatic rings. The molecule has 0 saturated heterocycles. The second-order valence-electron chi connectivity index (χ2n) is 6.99. The summed E-state index contributed by atoms with van der Waals surface area (Å²) < 4.78 is 5.49. The first-order valence-corrected chi connectivity index (χ1v) is 9.59. The lowest BCUT2D eigenvalue weighted by Gasteiger charge is -2.17. The summed E-state index contributed by atoms with van der Waals surface area (Å²) in [4.78, 5) is 22.7. The van der Waals surface area contributed by atoms with E-state index < -0.39 is 18.2 Å². The predicted molar refractivity (Wildman–Crippen MR) is 105 cm³/mol. The Hall–Kier alpha value is -2.44. The van der Waals surface area contributed by atoms with Crippen LogP contribution in [-0.4, -0.2) is 45.9 Å². The third-order valence-electron chi connectivity index (χ3n) is 4.77. The molecule has 3 N–H and O–H groups in total. The molecule has 0 bridgehead atoms. The number of hydrogen-bond donors (Lipinski definition) is 3. The van der Waals surface area contributed by atoms with E-state index >= 15 is 0 Å². The minimum atomic E-state index is -0.838. The number of carbonyl (C=O) groups excluding carboxylic acids is 1. The van der Waals surface area contributed by atoms with Gasteiger partial charge < -0.3 is 20.1 Å². The average Bonchev–Trinajstić information content (AvgIpc) is 2.94. The first-order chi connectivity index (χ1) is 13.5. The van der Waals surface area contributed by atoms with Crippen molar-refractivity contribution in [1.29, 1.82) is 0 Å². The zero-order valence-electron chi connectivity index (χ0n) is 15.8. The maximum Gasteiger partial charge on any atom is 0.303 e. The van der Waals surface area contributed by atoms with Gasteiger partial charge in [-0.15, -0.1) is 0 Å². The summed E-state index contributed by atoms with van der Waals surface area (Å²) in [7, 11) is 0. The molecule has 1 fully saturated rings. The Morgan fingerprint density at radius 1 is 1.25 bits per heavy atom. The van der Waals surface area contributed by atoms with E-state index in [9.17, 15) is 19.8 Å². The highest BCUT2D eigenvalue weighted by molar-refractivity contribution is 5.84. The number of benzene rings is 1. The standard InChI is InChI=1S/C22H28O6/c23-16(15-28-17-8-4-3-5-9-17)12-13-19-18(20(24)14-21(19)25)10-6-1-2-7-11-22(26)27/h1,3-6,8-9,12-13,16,18-19,21,23,25H,2,7,10-11,14-15H2,(H,26,27)/b6-1-,13-12+/t16?,18?,19-,21?/m1/s1. The van der Waals surface area contributed by atoms with Gasteiger partial charge in [0.15, 0.2) is 0 Å². The summed E-state index contributed by atoms with van der Waals surface area (Å²) in [6.07, 6.45) is 7.37. The molecule has 4 atom stereocenters. The SMILES string of the molecule is O=C(O)CCC/C=C\CC1C(=O)CC(O)[C@@H]1/C=C/C(O)COc1ccccc1. The van der Waals surface area contributed by atoms with Gasteiger partial charge in [-0.1, -0.05) is 42.5 Å². The van der Waals surface area contributed by atoms with Crippen molar-refractivity contribution < 1.29 is 29.6 Å². The number of ether oxygens (including phenoxy) is 1. The number of aliphatic carboxylic acids is 1. The normalized spacial score (nSPS) is 23.5. The van der Waals surface area contributed by atoms with Gasteiger partial charge in [0.25, 0.3) is 0 Å². The fourth-order valence-electron chi connectivity index (χ4n) is 3.27. The molecule has 152 valence electrons. The number of aliphatic hydroxyl groups excluding tert-OH is 2. The van der Waals surface area contributed by atoms with Crippen LogP contribution in [0.25, 0.3) is 0 Å². The molecule has 28 heavy (non-hydrogen) atoms. The van der Waals surface area contributed by atoms with Crippen molar-refractivity contribution in [3.63, 3.8) is 0 Å². The molecule has 1 aliphatic carbocycles. The van der Waals surface area contributed by atoms with Gasteiger partial charge in [-0.3, -0.25) is 9.59 Å². The van der Waals surface area contributed by atoms with Crippen LogP contribution in [0, 0.1) is 11.8 Å². The highest BCUT2D eigenvalue weighted by Crippen LogP contribution is 2.33. The molecular weight excluding hydrogens is 360 g/mol. The number of carboxylic acids is 1. The van der Waals surface area contributed by atoms with Crippen LogP contribution in [-0.2, 0) is 9.59 Å². The van der Waals surface area contributed by atoms with E-state index in [4.69, 9.17) is 9.84 Å². The van der Waals surface area contributed by atoms with Crippen LogP contribution in [0.3, 0.4) is 0 Å². The van der Waals surface area contributed by atoms with E-state index in [0.29, 0.717) is 25.0 Å². The van der Waals surface area contributed by atoms with Crippen molar-refractivity contribution in [3.05, 3.63) is 54.6 Å². The molecule has 0 aromatic heterocycles. The number of Topliss-reactive ketones (excluding diaryl/α,β-unsaturated/α-hetero) is 1. The first kappa shape index (κ1) is 21.9. The number of carbonyl (C=O) groups is 2. The third-order valence-corrected chi connectivity index (χ3v) is 4.77. The fourth-order valence-corrected chi connectivity index (χ4v) is 3.27. The summed E-state index contributed by atoms with van der Waals surface area (Å²) in [6, 6.07) is 9.17. The number of hydrogen-bond acceptors (Lipinski definition) is 5. The maximum absolute atomic E-state index is 12.2. The molecular formula is C22H28O6. The zero-order chi connectivity index (χ0) is 20.4. The minimum absolute atomic E-state index is 0.00682. The summed E-state index contributed by atoms with van der Waals surface area (Å²) in [5.74, 6) is -0.821. The number of ketones is 1. The Morgan fingerprint density at radius 3 is 2.71 bits per heavy atom. The van der Waals surface area contributed by atoms with Crippen LogP contribution in [0.4, 0.5) is 0 Å². The quantitative estimate of drug-likeness (QED) is 0.398. The number of unbranched alkanes of at least 4 members (excludes halogenated alkanes) is 1. The smallest absolute Gasteiger partial charge is 0.303 e. The molecule has 0 radical (unpaired) electrons. The lowest BCUT2D eigenvalue weighted by Crippen LogP contribution is -2.20. The molecule has 3 unspecified atom stereocenters. The average molecular weight is 388 g/mol. The van der Waals surface area contributed by atoms with Gasteiger partial charge in [0.05, 0.1) is 6.10 Å². The summed E-state index contributed by atoms with van der Waals surface area (Å²) in [5, 5.41) is 28.9. The van der Waals surface area contributed by atoms with Crippen molar-refractivity contribution in [2.24, 2.45) is 11.8 Å². The lowest BCUT2D eigenvalue weighted by molar-refractivity contribution is -0.137. The molecule has 1 saturated carbocycles. The Balaban J connectivity index is 1.82. The molecule has 0 heterocycles. The highest BCUT2D eigenvalue weighted by Gasteiger charge is 2.39. The Morgan fingerprint density at radius 2 is 2.00 bits per heavy atom. The van der Waals surface area contributed by atoms with E-state index in [1.165, 1.54) is 0 Å². The maximum atomic E-state index is 12.2. The van der Waals surface area contributed by atoms with Crippen molar-refractivity contribution in [2.45, 2.75) is 44.3 Å². The summed E-state index contributed by atoms with van der Waals surface area (Å²) >= 11 is 0. The van der Waals surface area contributed by atoms with Crippen LogP contribution in [0.2, 0.25) is 0 Å². The summed E-state index contributed by atoms with van der Waals surface area (Å²) in [6.45, 7) is 0.0887. The monoisotopic (exact) mass is 388 g/mol. The predicted octanol–water partition coefficient (Wildman–Crippen LogP) is 2.75. The molecule has 6 heteroatoms. The van der Waals surface area contributed by atoms with E-state index in [1.54, 1.807) is 24.3 Å². The van der Waals surface area contributed by atoms with Gasteiger partial charge >= 0.3 is 5.97 Å². The summed E-state index contributed by atoms with van der Waals surface area (Å²) in [5.41, 5.74) is 0. The molecule has 0 aliphatic heterocycles. The first-order valence-electron chi connectivity index (χ1n) is 9.59. The van der Waals surface area contributed by atoms with E-state index in [0.717, 1.165) is 0 Å². The Kier molecular flexibility index (Phi) is 8.91. The fraction of sp³-hybridized carbons (Fsp3) is 0.455. The van der Waals surface area contributed by atoms with Gasteiger partial charge in [0, 0.05) is 24.7 Å². The number of allylic oxidation sites excluding steroid dienone is 2. The Labute approximate surface area is 165 Å². The number of rotatable bonds is 11. The van der Waals surface area contributed by atoms with Gasteiger partial charge in [-0.05, 0) is 31.4 Å². The number of para-hydroxylation sites is 1. The van der Waals surface area contributed by atoms with Crippen molar-refractivity contribution in [2.75, 3.05) is 6.61 Å². The van der Waals surface area contributed by atoms with E-state index in [2.05, 4.69) is 0 Å². The highest BCUT2D eigenvalue weighted by atomic mass is 16.5. The molecule has 1 aliphatic rings. The van der Waals surface area contributed by atoms with Crippen molar-refractivity contribution in [1.82, 2.24) is 0 Å². The third kappa shape index (κ3) is 7.29. The van der Waals surface area contributed by atoms with Crippen LogP contribution >= 0.6 is 0 Å². The largest absolute Gasteiger partial charge is 0.491 e. The van der Waals surface area contributed by atoms with Crippen LogP contribution in [0.1, 0.15) is 32.1 Å². The Bertz CT molecular complexity index is 682. The minimum Gasteiger partial charge on any atom is -0.491 e. The van der Waals surface area contributed by atoms with Crippen molar-refractivity contribution in [3.8, 4) is 5.75 Å². The zero-order valence-corrected chi connectivity index (χ0v) is 15.8. The molecule has 0 amide bonds. The topological polar surface area (TPSA) is 104 Å². The van der Waals surface area contributed by atoms with Crippen LogP contribution in [0.5, 0.6) is 5.75 Å². The second-order valence-corrected chi connectivity index (χ2v) is 6.99. The number of carboxylic acid groups (broad SMARTS) is 1. The number of aliphatic hydroxyl groups is 2. The van der Waals surface area contributed by atoms with Gasteiger partial charge in [-0.2, -0.15) is 0 Å². The molecule has 0 spiro atoms. The van der Waals surface area contributed by atoms with Gasteiger partial charge in [0.2, 0.25) is 0 Å². The second kappa shape index (κ2) is 11.4. The van der Waals surface area contributed by atoms with E-state index in [-0.39, 0.29) is 37.1 Å².